The van der Waals surface area contributed by atoms with E-state index < -0.39 is 0 Å². The number of hydrogen-bond acceptors (Lipinski definition) is 2. The standard InChI is InChI=1S/C20H32O2/c1-12-4-6-15-14(10-12)5-7-17-16(15)8-9-20(3)18(17)11-22-19(20)13(2)21/h12,14-19H,4-11H2,1-3H3. The molecule has 2 nitrogen and oxygen atoms in total. The van der Waals surface area contributed by atoms with Crippen LogP contribution >= 0.6 is 0 Å². The fraction of sp³-hybridized carbons (Fsp3) is 0.950. The van der Waals surface area contributed by atoms with Crippen molar-refractivity contribution < 1.29 is 9.53 Å². The van der Waals surface area contributed by atoms with Gasteiger partial charge in [0.25, 0.3) is 0 Å². The fourth-order valence-electron chi connectivity index (χ4n) is 7.05. The number of carbonyl (C=O) groups is 1. The predicted octanol–water partition coefficient (Wildman–Crippen LogP) is 4.47. The Hall–Kier alpha value is -0.370. The quantitative estimate of drug-likeness (QED) is 0.714. The van der Waals surface area contributed by atoms with Crippen LogP contribution in [-0.2, 0) is 9.53 Å². The maximum Gasteiger partial charge on any atom is 0.159 e. The molecule has 0 N–H and O–H groups in total. The number of Topliss-reactive ketones (excluding diaryl/α,β-unsaturated/α-hetero) is 1. The Morgan fingerprint density at radius 1 is 1.05 bits per heavy atom. The van der Waals surface area contributed by atoms with Gasteiger partial charge in [0.1, 0.15) is 6.10 Å². The lowest BCUT2D eigenvalue weighted by Crippen LogP contribution is -2.50. The molecule has 0 spiro atoms. The molecule has 0 aromatic heterocycles. The van der Waals surface area contributed by atoms with Gasteiger partial charge in [0.05, 0.1) is 6.61 Å². The lowest BCUT2D eigenvalue weighted by Gasteiger charge is -2.55. The molecular weight excluding hydrogens is 272 g/mol. The summed E-state index contributed by atoms with van der Waals surface area (Å²) in [4.78, 5) is 12.0. The monoisotopic (exact) mass is 304 g/mol. The molecular formula is C20H32O2. The molecule has 3 saturated carbocycles. The molecule has 4 fully saturated rings. The summed E-state index contributed by atoms with van der Waals surface area (Å²) >= 11 is 0. The Kier molecular flexibility index (Phi) is 3.67. The van der Waals surface area contributed by atoms with E-state index in [1.54, 1.807) is 6.92 Å². The van der Waals surface area contributed by atoms with Crippen LogP contribution in [0.3, 0.4) is 0 Å². The van der Waals surface area contributed by atoms with Crippen molar-refractivity contribution in [3.05, 3.63) is 0 Å². The van der Waals surface area contributed by atoms with E-state index >= 15 is 0 Å². The minimum Gasteiger partial charge on any atom is -0.370 e. The maximum atomic E-state index is 12.0. The summed E-state index contributed by atoms with van der Waals surface area (Å²) in [6.45, 7) is 7.37. The molecule has 0 radical (unpaired) electrons. The molecule has 4 rings (SSSR count). The van der Waals surface area contributed by atoms with Crippen LogP contribution in [0.1, 0.15) is 65.7 Å². The number of fused-ring (bicyclic) bond motifs is 5. The molecule has 22 heavy (non-hydrogen) atoms. The first-order valence-electron chi connectivity index (χ1n) is 9.62. The van der Waals surface area contributed by atoms with Gasteiger partial charge in [-0.05, 0) is 81.0 Å². The van der Waals surface area contributed by atoms with E-state index in [4.69, 9.17) is 4.74 Å². The zero-order valence-corrected chi connectivity index (χ0v) is 14.5. The molecule has 4 aliphatic rings. The van der Waals surface area contributed by atoms with E-state index in [-0.39, 0.29) is 17.3 Å². The first kappa shape index (κ1) is 15.2. The highest BCUT2D eigenvalue weighted by Gasteiger charge is 2.58. The Morgan fingerprint density at radius 3 is 2.59 bits per heavy atom. The van der Waals surface area contributed by atoms with Gasteiger partial charge in [-0.15, -0.1) is 0 Å². The Morgan fingerprint density at radius 2 is 1.82 bits per heavy atom. The minimum absolute atomic E-state index is 0.123. The second-order valence-corrected chi connectivity index (χ2v) is 9.22. The highest BCUT2D eigenvalue weighted by Crippen LogP contribution is 2.61. The van der Waals surface area contributed by atoms with Crippen LogP contribution in [0.25, 0.3) is 0 Å². The fourth-order valence-corrected chi connectivity index (χ4v) is 7.05. The molecule has 1 aliphatic heterocycles. The number of carbonyl (C=O) groups excluding carboxylic acids is 1. The van der Waals surface area contributed by atoms with E-state index in [2.05, 4.69) is 13.8 Å². The minimum atomic E-state index is -0.123. The zero-order chi connectivity index (χ0) is 15.5. The van der Waals surface area contributed by atoms with Gasteiger partial charge < -0.3 is 4.74 Å². The average molecular weight is 304 g/mol. The van der Waals surface area contributed by atoms with Crippen molar-refractivity contribution in [2.45, 2.75) is 71.8 Å². The first-order chi connectivity index (χ1) is 10.5. The van der Waals surface area contributed by atoms with Crippen molar-refractivity contribution in [1.29, 1.82) is 0 Å². The average Bonchev–Trinajstić information content (AvgIpc) is 2.84. The van der Waals surface area contributed by atoms with Crippen molar-refractivity contribution in [2.75, 3.05) is 6.61 Å². The summed E-state index contributed by atoms with van der Waals surface area (Å²) in [6, 6.07) is 0. The van der Waals surface area contributed by atoms with Crippen molar-refractivity contribution in [2.24, 2.45) is 40.9 Å². The van der Waals surface area contributed by atoms with Gasteiger partial charge in [-0.1, -0.05) is 20.3 Å². The first-order valence-corrected chi connectivity index (χ1v) is 9.62. The Bertz CT molecular complexity index is 459. The third-order valence-corrected chi connectivity index (χ3v) is 8.06. The molecule has 3 aliphatic carbocycles. The molecule has 124 valence electrons. The molecule has 1 saturated heterocycles. The van der Waals surface area contributed by atoms with Crippen LogP contribution in [0.4, 0.5) is 0 Å². The molecule has 0 aromatic rings. The Balaban J connectivity index is 1.56. The van der Waals surface area contributed by atoms with E-state index in [1.807, 2.05) is 0 Å². The summed E-state index contributed by atoms with van der Waals surface area (Å²) in [5.41, 5.74) is 0.127. The topological polar surface area (TPSA) is 26.3 Å². The highest BCUT2D eigenvalue weighted by atomic mass is 16.5. The van der Waals surface area contributed by atoms with Gasteiger partial charge in [0, 0.05) is 5.41 Å². The smallest absolute Gasteiger partial charge is 0.159 e. The summed E-state index contributed by atoms with van der Waals surface area (Å²) in [7, 11) is 0. The van der Waals surface area contributed by atoms with Gasteiger partial charge in [-0.2, -0.15) is 0 Å². The lowest BCUT2D eigenvalue weighted by atomic mass is 9.49. The van der Waals surface area contributed by atoms with Crippen LogP contribution in [0, 0.1) is 40.9 Å². The molecule has 0 aromatic carbocycles. The summed E-state index contributed by atoms with van der Waals surface area (Å²) < 4.78 is 6.02. The van der Waals surface area contributed by atoms with Crippen LogP contribution in [0.2, 0.25) is 0 Å². The third-order valence-electron chi connectivity index (χ3n) is 8.06. The normalized spacial score (nSPS) is 54.2. The lowest BCUT2D eigenvalue weighted by molar-refractivity contribution is -0.132. The van der Waals surface area contributed by atoms with E-state index in [1.165, 1.54) is 44.9 Å². The van der Waals surface area contributed by atoms with Crippen LogP contribution < -0.4 is 0 Å². The molecule has 2 heteroatoms. The van der Waals surface area contributed by atoms with Crippen molar-refractivity contribution in [1.82, 2.24) is 0 Å². The largest absolute Gasteiger partial charge is 0.370 e. The van der Waals surface area contributed by atoms with E-state index in [0.717, 1.165) is 36.2 Å². The second-order valence-electron chi connectivity index (χ2n) is 9.22. The van der Waals surface area contributed by atoms with Gasteiger partial charge in [0.2, 0.25) is 0 Å². The SMILES string of the molecule is CC(=O)C1OCC2C3CCC4CC(C)CCC4C3CCC12C. The van der Waals surface area contributed by atoms with Crippen LogP contribution in [-0.4, -0.2) is 18.5 Å². The van der Waals surface area contributed by atoms with Gasteiger partial charge >= 0.3 is 0 Å². The summed E-state index contributed by atoms with van der Waals surface area (Å²) in [5, 5.41) is 0. The third kappa shape index (κ3) is 2.12. The summed E-state index contributed by atoms with van der Waals surface area (Å²) in [5.74, 6) is 5.58. The zero-order valence-electron chi connectivity index (χ0n) is 14.5. The number of ether oxygens (including phenoxy) is 1. The second kappa shape index (κ2) is 5.33. The van der Waals surface area contributed by atoms with Gasteiger partial charge in [-0.3, -0.25) is 4.79 Å². The summed E-state index contributed by atoms with van der Waals surface area (Å²) in [6.07, 6.45) is 9.65. The number of rotatable bonds is 1. The van der Waals surface area contributed by atoms with Crippen molar-refractivity contribution >= 4 is 5.78 Å². The highest BCUT2D eigenvalue weighted by molar-refractivity contribution is 5.81. The molecule has 0 amide bonds. The van der Waals surface area contributed by atoms with Crippen molar-refractivity contribution in [3.8, 4) is 0 Å². The van der Waals surface area contributed by atoms with Gasteiger partial charge in [0.15, 0.2) is 5.78 Å². The van der Waals surface area contributed by atoms with Crippen LogP contribution in [0.5, 0.6) is 0 Å². The molecule has 0 bridgehead atoms. The van der Waals surface area contributed by atoms with E-state index in [9.17, 15) is 4.79 Å². The van der Waals surface area contributed by atoms with Gasteiger partial charge in [-0.25, -0.2) is 0 Å². The molecule has 1 heterocycles. The molecule has 8 unspecified atom stereocenters. The van der Waals surface area contributed by atoms with E-state index in [0.29, 0.717) is 5.92 Å². The van der Waals surface area contributed by atoms with Crippen LogP contribution in [0.15, 0.2) is 0 Å². The predicted molar refractivity (Wildman–Crippen MR) is 87.5 cm³/mol. The van der Waals surface area contributed by atoms with Crippen molar-refractivity contribution in [3.63, 3.8) is 0 Å². The number of ketones is 1. The molecule has 8 atom stereocenters. The maximum absolute atomic E-state index is 12.0. The Labute approximate surface area is 135 Å². The number of hydrogen-bond donors (Lipinski definition) is 0.